The molecule has 0 saturated heterocycles. The molecule has 0 bridgehead atoms. The Morgan fingerprint density at radius 3 is 2.24 bits per heavy atom. The minimum Gasteiger partial charge on any atom is -0.368 e. The fourth-order valence-corrected chi connectivity index (χ4v) is 1.33. The number of nitrogen functional groups attached to an aromatic ring is 1. The Bertz CT molecular complexity index is 372. The molecule has 0 aliphatic carbocycles. The number of nitrogens with two attached hydrogens (primary N) is 1. The maximum atomic E-state index is 5.67. The zero-order valence-electron chi connectivity index (χ0n) is 11.3. The Hall–Kier alpha value is -1.59. The topological polar surface area (TPSA) is 80.0 Å². The molecule has 0 spiro atoms. The highest BCUT2D eigenvalue weighted by molar-refractivity contribution is 5.42. The van der Waals surface area contributed by atoms with Gasteiger partial charge in [0.15, 0.2) is 0 Å². The molecule has 0 aromatic carbocycles. The van der Waals surface area contributed by atoms with E-state index in [1.165, 1.54) is 0 Å². The molecule has 0 saturated carbocycles. The van der Waals surface area contributed by atoms with Gasteiger partial charge in [-0.25, -0.2) is 0 Å². The van der Waals surface area contributed by atoms with Gasteiger partial charge in [0.25, 0.3) is 0 Å². The van der Waals surface area contributed by atoms with Gasteiger partial charge in [0, 0.05) is 19.6 Å². The summed E-state index contributed by atoms with van der Waals surface area (Å²) in [6.45, 7) is 6.41. The summed E-state index contributed by atoms with van der Waals surface area (Å²) in [4.78, 5) is 14.3. The summed E-state index contributed by atoms with van der Waals surface area (Å²) in [5.41, 5.74) is 5.65. The molecule has 0 unspecified atom stereocenters. The van der Waals surface area contributed by atoms with Crippen molar-refractivity contribution < 1.29 is 0 Å². The summed E-state index contributed by atoms with van der Waals surface area (Å²) in [6, 6.07) is 0. The highest BCUT2D eigenvalue weighted by Crippen LogP contribution is 2.20. The second kappa shape index (κ2) is 5.16. The van der Waals surface area contributed by atoms with E-state index < -0.39 is 0 Å². The smallest absolute Gasteiger partial charge is 0.231 e. The molecular formula is C11H22N6. The zero-order valence-corrected chi connectivity index (χ0v) is 11.3. The van der Waals surface area contributed by atoms with E-state index in [-0.39, 0.29) is 11.5 Å². The van der Waals surface area contributed by atoms with E-state index in [1.807, 2.05) is 14.1 Å². The molecule has 0 amide bonds. The van der Waals surface area contributed by atoms with Crippen molar-refractivity contribution in [2.45, 2.75) is 39.2 Å². The summed E-state index contributed by atoms with van der Waals surface area (Å²) in [6.07, 6.45) is 1.98. The van der Waals surface area contributed by atoms with Crippen molar-refractivity contribution in [2.75, 3.05) is 30.0 Å². The van der Waals surface area contributed by atoms with Crippen molar-refractivity contribution in [3.05, 3.63) is 0 Å². The van der Waals surface area contributed by atoms with E-state index >= 15 is 0 Å². The maximum Gasteiger partial charge on any atom is 0.231 e. The van der Waals surface area contributed by atoms with E-state index in [0.717, 1.165) is 12.8 Å². The monoisotopic (exact) mass is 238 g/mol. The lowest BCUT2D eigenvalue weighted by atomic mass is 9.96. The molecule has 1 heterocycles. The fourth-order valence-electron chi connectivity index (χ4n) is 1.33. The molecule has 6 nitrogen and oxygen atoms in total. The number of hydrogen-bond acceptors (Lipinski definition) is 6. The third kappa shape index (κ3) is 3.44. The normalized spacial score (nSPS) is 11.4. The van der Waals surface area contributed by atoms with Gasteiger partial charge in [-0.3, -0.25) is 0 Å². The number of aromatic nitrogens is 3. The quantitative estimate of drug-likeness (QED) is 0.809. The van der Waals surface area contributed by atoms with E-state index in [0.29, 0.717) is 11.9 Å². The van der Waals surface area contributed by atoms with Gasteiger partial charge in [-0.2, -0.15) is 15.0 Å². The van der Waals surface area contributed by atoms with Crippen LogP contribution in [0.3, 0.4) is 0 Å². The number of rotatable bonds is 5. The van der Waals surface area contributed by atoms with E-state index in [4.69, 9.17) is 5.73 Å². The van der Waals surface area contributed by atoms with Crippen LogP contribution in [0.15, 0.2) is 0 Å². The summed E-state index contributed by atoms with van der Waals surface area (Å²) in [7, 11) is 3.74. The van der Waals surface area contributed by atoms with E-state index in [2.05, 4.69) is 41.0 Å². The molecule has 0 atom stereocenters. The third-order valence-corrected chi connectivity index (χ3v) is 3.02. The Kier molecular flexibility index (Phi) is 4.09. The highest BCUT2D eigenvalue weighted by atomic mass is 15.3. The first-order valence-electron chi connectivity index (χ1n) is 5.87. The summed E-state index contributed by atoms with van der Waals surface area (Å²) >= 11 is 0. The van der Waals surface area contributed by atoms with Crippen LogP contribution in [0.4, 0.5) is 17.8 Å². The predicted molar refractivity (Wildman–Crippen MR) is 71.2 cm³/mol. The number of hydrogen-bond donors (Lipinski definition) is 2. The van der Waals surface area contributed by atoms with Gasteiger partial charge in [0.2, 0.25) is 17.8 Å². The van der Waals surface area contributed by atoms with Crippen molar-refractivity contribution in [2.24, 2.45) is 0 Å². The second-order valence-electron chi connectivity index (χ2n) is 4.60. The van der Waals surface area contributed by atoms with Crippen molar-refractivity contribution >= 4 is 17.8 Å². The van der Waals surface area contributed by atoms with Gasteiger partial charge in [-0.05, 0) is 19.8 Å². The average Bonchev–Trinajstić information content (AvgIpc) is 2.28. The van der Waals surface area contributed by atoms with Crippen LogP contribution in [0, 0.1) is 0 Å². The Morgan fingerprint density at radius 1 is 1.18 bits per heavy atom. The molecule has 96 valence electrons. The molecule has 0 aliphatic rings. The summed E-state index contributed by atoms with van der Waals surface area (Å²) < 4.78 is 0. The highest BCUT2D eigenvalue weighted by Gasteiger charge is 2.21. The molecule has 0 radical (unpaired) electrons. The lowest BCUT2D eigenvalue weighted by Crippen LogP contribution is -2.34. The van der Waals surface area contributed by atoms with Crippen LogP contribution in [-0.2, 0) is 0 Å². The van der Waals surface area contributed by atoms with Crippen LogP contribution >= 0.6 is 0 Å². The van der Waals surface area contributed by atoms with Gasteiger partial charge in [0.1, 0.15) is 0 Å². The van der Waals surface area contributed by atoms with Crippen LogP contribution in [-0.4, -0.2) is 34.6 Å². The van der Waals surface area contributed by atoms with Gasteiger partial charge in [-0.15, -0.1) is 0 Å². The van der Waals surface area contributed by atoms with Crippen molar-refractivity contribution in [3.63, 3.8) is 0 Å². The first-order valence-corrected chi connectivity index (χ1v) is 5.87. The fraction of sp³-hybridized carbons (Fsp3) is 0.727. The third-order valence-electron chi connectivity index (χ3n) is 3.02. The first kappa shape index (κ1) is 13.5. The van der Waals surface area contributed by atoms with Crippen molar-refractivity contribution in [1.82, 2.24) is 15.0 Å². The predicted octanol–water partition coefficient (Wildman–Crippen LogP) is 1.51. The molecule has 3 N–H and O–H groups in total. The van der Waals surface area contributed by atoms with Crippen molar-refractivity contribution in [3.8, 4) is 0 Å². The molecule has 0 aliphatic heterocycles. The van der Waals surface area contributed by atoms with Gasteiger partial charge in [-0.1, -0.05) is 13.8 Å². The summed E-state index contributed by atoms with van der Waals surface area (Å²) in [5.74, 6) is 1.34. The Balaban J connectivity index is 2.98. The van der Waals surface area contributed by atoms with Crippen LogP contribution in [0.1, 0.15) is 33.6 Å². The van der Waals surface area contributed by atoms with Crippen LogP contribution in [0.25, 0.3) is 0 Å². The van der Waals surface area contributed by atoms with Gasteiger partial charge < -0.3 is 16.0 Å². The van der Waals surface area contributed by atoms with E-state index in [9.17, 15) is 0 Å². The largest absolute Gasteiger partial charge is 0.368 e. The zero-order chi connectivity index (χ0) is 13.1. The second-order valence-corrected chi connectivity index (χ2v) is 4.60. The molecular weight excluding hydrogens is 216 g/mol. The molecule has 1 aromatic heterocycles. The molecule has 17 heavy (non-hydrogen) atoms. The molecule has 0 fully saturated rings. The molecule has 1 aromatic rings. The standard InChI is InChI=1S/C11H22N6/c1-6-11(3,7-2)16-9-13-8(12)14-10(15-9)17(4)5/h6-7H2,1-5H3,(H3,12,13,14,15,16). The van der Waals surface area contributed by atoms with Gasteiger partial charge >= 0.3 is 0 Å². The van der Waals surface area contributed by atoms with Crippen LogP contribution in [0.5, 0.6) is 0 Å². The number of anilines is 3. The van der Waals surface area contributed by atoms with Gasteiger partial charge in [0.05, 0.1) is 0 Å². The average molecular weight is 238 g/mol. The Labute approximate surface area is 103 Å². The van der Waals surface area contributed by atoms with E-state index in [1.54, 1.807) is 4.90 Å². The van der Waals surface area contributed by atoms with Crippen molar-refractivity contribution in [1.29, 1.82) is 0 Å². The summed E-state index contributed by atoms with van der Waals surface area (Å²) in [5, 5.41) is 3.32. The lowest BCUT2D eigenvalue weighted by Gasteiger charge is -2.28. The first-order chi connectivity index (χ1) is 7.90. The number of nitrogens with one attached hydrogen (secondary N) is 1. The van der Waals surface area contributed by atoms with Crippen LogP contribution < -0.4 is 16.0 Å². The minimum absolute atomic E-state index is 0.0165. The molecule has 6 heteroatoms. The number of nitrogens with zero attached hydrogens (tertiary/aromatic N) is 4. The maximum absolute atomic E-state index is 5.67. The molecule has 1 rings (SSSR count). The lowest BCUT2D eigenvalue weighted by molar-refractivity contribution is 0.474. The minimum atomic E-state index is -0.0165. The Morgan fingerprint density at radius 2 is 1.76 bits per heavy atom. The SMILES string of the molecule is CCC(C)(CC)Nc1nc(N)nc(N(C)C)n1. The van der Waals surface area contributed by atoms with Crippen LogP contribution in [0.2, 0.25) is 0 Å².